The molecule has 9 heteroatoms. The van der Waals surface area contributed by atoms with Gasteiger partial charge < -0.3 is 14.6 Å². The lowest BCUT2D eigenvalue weighted by Crippen LogP contribution is -2.43. The van der Waals surface area contributed by atoms with Gasteiger partial charge in [-0.3, -0.25) is 14.5 Å². The van der Waals surface area contributed by atoms with Gasteiger partial charge in [0.25, 0.3) is 11.5 Å². The zero-order valence-corrected chi connectivity index (χ0v) is 18.5. The molecule has 1 saturated carbocycles. The number of nitrogens with one attached hydrogen (secondary N) is 1. The first-order valence-electron chi connectivity index (χ1n) is 11.7. The van der Waals surface area contributed by atoms with Crippen LogP contribution in [0.2, 0.25) is 0 Å². The number of aromatic amines is 1. The van der Waals surface area contributed by atoms with E-state index in [1.165, 1.54) is 45.2 Å². The van der Waals surface area contributed by atoms with Gasteiger partial charge in [0.05, 0.1) is 24.4 Å². The number of H-pyrrole nitrogens is 1. The fraction of sp³-hybridized carbons (Fsp3) is 0.609. The Balaban J connectivity index is 1.42. The van der Waals surface area contributed by atoms with Gasteiger partial charge in [0.1, 0.15) is 5.82 Å². The van der Waals surface area contributed by atoms with Crippen LogP contribution < -0.4 is 10.3 Å². The number of piperidine rings is 1. The number of nitrogens with zero attached hydrogens (tertiary/aromatic N) is 5. The molecule has 1 atom stereocenters. The number of carbonyl (C=O) groups excluding carboxylic acids is 1. The fourth-order valence-corrected chi connectivity index (χ4v) is 5.37. The van der Waals surface area contributed by atoms with Crippen molar-refractivity contribution >= 4 is 5.91 Å². The van der Waals surface area contributed by atoms with E-state index in [1.54, 1.807) is 4.90 Å². The number of hydrogen-bond acceptors (Lipinski definition) is 7. The quantitative estimate of drug-likeness (QED) is 0.781. The van der Waals surface area contributed by atoms with E-state index < -0.39 is 0 Å². The molecule has 1 N–H and O–H groups in total. The number of likely N-dealkylation sites (tertiary alicyclic amines) is 1. The van der Waals surface area contributed by atoms with Crippen LogP contribution in [0.1, 0.15) is 78.4 Å². The number of rotatable bonds is 4. The van der Waals surface area contributed by atoms with E-state index >= 15 is 0 Å². The second kappa shape index (κ2) is 8.97. The Kier molecular flexibility index (Phi) is 5.91. The van der Waals surface area contributed by atoms with Gasteiger partial charge in [-0.2, -0.15) is 0 Å². The summed E-state index contributed by atoms with van der Waals surface area (Å²) in [5, 5.41) is 0. The SMILES string of the molecule is COc1ncc(C(=O)N2CCCC[C@H]2c2nc3c(c(=O)[nH]2)CCN(C2CCCC2)C3)cn1. The maximum absolute atomic E-state index is 13.3. The highest BCUT2D eigenvalue weighted by Crippen LogP contribution is 2.32. The third kappa shape index (κ3) is 4.01. The molecule has 3 aliphatic rings. The highest BCUT2D eigenvalue weighted by Gasteiger charge is 2.33. The van der Waals surface area contributed by atoms with Gasteiger partial charge in [-0.05, 0) is 38.5 Å². The fourth-order valence-electron chi connectivity index (χ4n) is 5.37. The monoisotopic (exact) mass is 438 g/mol. The number of carbonyl (C=O) groups is 1. The second-order valence-corrected chi connectivity index (χ2v) is 9.00. The van der Waals surface area contributed by atoms with Crippen molar-refractivity contribution in [2.75, 3.05) is 20.2 Å². The van der Waals surface area contributed by atoms with Gasteiger partial charge in [0.15, 0.2) is 0 Å². The average molecular weight is 439 g/mol. The summed E-state index contributed by atoms with van der Waals surface area (Å²) in [5.74, 6) is 0.454. The van der Waals surface area contributed by atoms with Gasteiger partial charge in [0.2, 0.25) is 0 Å². The van der Waals surface area contributed by atoms with Crippen molar-refractivity contribution in [3.05, 3.63) is 45.4 Å². The summed E-state index contributed by atoms with van der Waals surface area (Å²) in [6.07, 6.45) is 11.5. The van der Waals surface area contributed by atoms with Gasteiger partial charge in [-0.25, -0.2) is 15.0 Å². The zero-order chi connectivity index (χ0) is 22.1. The topological polar surface area (TPSA) is 104 Å². The molecule has 0 spiro atoms. The third-order valence-electron chi connectivity index (χ3n) is 7.10. The summed E-state index contributed by atoms with van der Waals surface area (Å²) < 4.78 is 5.00. The Hall–Kier alpha value is -2.81. The first-order valence-corrected chi connectivity index (χ1v) is 11.7. The van der Waals surface area contributed by atoms with Crippen LogP contribution in [-0.4, -0.2) is 61.9 Å². The van der Waals surface area contributed by atoms with E-state index in [0.717, 1.165) is 50.0 Å². The van der Waals surface area contributed by atoms with Crippen LogP contribution in [0.25, 0.3) is 0 Å². The standard InChI is InChI=1S/C23H30N6O3/c1-32-23-24-12-15(13-25-23)22(31)29-10-5-4-8-19(29)20-26-18-14-28(16-6-2-3-7-16)11-9-17(18)21(30)27-20/h12-13,16,19H,2-11,14H2,1H3,(H,26,27,30)/t19-/m0/s1. The predicted octanol–water partition coefficient (Wildman–Crippen LogP) is 2.24. The number of amides is 1. The number of fused-ring (bicyclic) bond motifs is 1. The van der Waals surface area contributed by atoms with Crippen LogP contribution in [0.4, 0.5) is 0 Å². The molecular weight excluding hydrogens is 408 g/mol. The third-order valence-corrected chi connectivity index (χ3v) is 7.10. The summed E-state index contributed by atoms with van der Waals surface area (Å²) in [4.78, 5) is 46.6. The molecule has 5 rings (SSSR count). The normalized spacial score (nSPS) is 22.0. The van der Waals surface area contributed by atoms with Crippen LogP contribution in [0.3, 0.4) is 0 Å². The Morgan fingerprint density at radius 3 is 2.59 bits per heavy atom. The maximum atomic E-state index is 13.3. The number of ether oxygens (including phenoxy) is 1. The molecule has 0 unspecified atom stereocenters. The lowest BCUT2D eigenvalue weighted by atomic mass is 9.99. The lowest BCUT2D eigenvalue weighted by molar-refractivity contribution is 0.0597. The van der Waals surface area contributed by atoms with Crippen molar-refractivity contribution in [2.24, 2.45) is 0 Å². The highest BCUT2D eigenvalue weighted by atomic mass is 16.5. The molecule has 1 amide bonds. The van der Waals surface area contributed by atoms with E-state index in [4.69, 9.17) is 9.72 Å². The van der Waals surface area contributed by atoms with Crippen LogP contribution in [-0.2, 0) is 13.0 Å². The summed E-state index contributed by atoms with van der Waals surface area (Å²) in [6, 6.07) is 0.581. The molecule has 1 saturated heterocycles. The maximum Gasteiger partial charge on any atom is 0.316 e. The number of aromatic nitrogens is 4. The van der Waals surface area contributed by atoms with Crippen molar-refractivity contribution in [1.82, 2.24) is 29.7 Å². The number of methoxy groups -OCH3 is 1. The van der Waals surface area contributed by atoms with Crippen molar-refractivity contribution < 1.29 is 9.53 Å². The molecular formula is C23H30N6O3. The average Bonchev–Trinajstić information content (AvgIpc) is 3.38. The Labute approximate surface area is 187 Å². The molecule has 9 nitrogen and oxygen atoms in total. The second-order valence-electron chi connectivity index (χ2n) is 9.00. The zero-order valence-electron chi connectivity index (χ0n) is 18.5. The Bertz CT molecular complexity index is 1030. The van der Waals surface area contributed by atoms with Gasteiger partial charge in [-0.1, -0.05) is 12.8 Å². The molecule has 2 aromatic rings. The molecule has 1 aliphatic carbocycles. The van der Waals surface area contributed by atoms with Crippen LogP contribution in [0, 0.1) is 0 Å². The van der Waals surface area contributed by atoms with Crippen molar-refractivity contribution in [3.8, 4) is 6.01 Å². The minimum atomic E-state index is -0.252. The summed E-state index contributed by atoms with van der Waals surface area (Å²) in [6.45, 7) is 2.27. The van der Waals surface area contributed by atoms with Gasteiger partial charge in [0, 0.05) is 43.6 Å². The number of hydrogen-bond donors (Lipinski definition) is 1. The molecule has 0 aromatic carbocycles. The minimum Gasteiger partial charge on any atom is -0.467 e. The molecule has 2 fully saturated rings. The lowest BCUT2D eigenvalue weighted by Gasteiger charge is -2.36. The highest BCUT2D eigenvalue weighted by molar-refractivity contribution is 5.94. The summed E-state index contributed by atoms with van der Waals surface area (Å²) in [7, 11) is 1.49. The van der Waals surface area contributed by atoms with E-state index in [1.807, 2.05) is 0 Å². The van der Waals surface area contributed by atoms with Gasteiger partial charge >= 0.3 is 6.01 Å². The van der Waals surface area contributed by atoms with Gasteiger partial charge in [-0.15, -0.1) is 0 Å². The largest absolute Gasteiger partial charge is 0.467 e. The van der Waals surface area contributed by atoms with E-state index in [-0.39, 0.29) is 23.5 Å². The first-order chi connectivity index (χ1) is 15.6. The van der Waals surface area contributed by atoms with E-state index in [2.05, 4.69) is 19.9 Å². The molecule has 0 radical (unpaired) electrons. The summed E-state index contributed by atoms with van der Waals surface area (Å²) in [5.41, 5.74) is 2.04. The van der Waals surface area contributed by atoms with Crippen molar-refractivity contribution in [1.29, 1.82) is 0 Å². The van der Waals surface area contributed by atoms with Crippen molar-refractivity contribution in [3.63, 3.8) is 0 Å². The van der Waals surface area contributed by atoms with Crippen LogP contribution in [0.5, 0.6) is 6.01 Å². The molecule has 0 bridgehead atoms. The minimum absolute atomic E-state index is 0.0539. The molecule has 32 heavy (non-hydrogen) atoms. The van der Waals surface area contributed by atoms with Crippen LogP contribution >= 0.6 is 0 Å². The molecule has 4 heterocycles. The molecule has 2 aliphatic heterocycles. The molecule has 2 aromatic heterocycles. The molecule has 170 valence electrons. The first kappa shape index (κ1) is 21.1. The Morgan fingerprint density at radius 1 is 1.09 bits per heavy atom. The Morgan fingerprint density at radius 2 is 1.84 bits per heavy atom. The van der Waals surface area contributed by atoms with Crippen LogP contribution in [0.15, 0.2) is 17.2 Å². The smallest absolute Gasteiger partial charge is 0.316 e. The van der Waals surface area contributed by atoms with Crippen molar-refractivity contribution in [2.45, 2.75) is 70.0 Å². The van der Waals surface area contributed by atoms with E-state index in [0.29, 0.717) is 24.0 Å². The predicted molar refractivity (Wildman–Crippen MR) is 117 cm³/mol. The van der Waals surface area contributed by atoms with E-state index in [9.17, 15) is 9.59 Å². The summed E-state index contributed by atoms with van der Waals surface area (Å²) >= 11 is 0.